The molecule has 1 N–H and O–H groups in total. The Morgan fingerprint density at radius 2 is 1.55 bits per heavy atom. The molecule has 0 aliphatic carbocycles. The third-order valence-corrected chi connectivity index (χ3v) is 5.26. The van der Waals surface area contributed by atoms with Crippen molar-refractivity contribution >= 4 is 17.4 Å². The number of amides is 1. The van der Waals surface area contributed by atoms with Crippen molar-refractivity contribution in [3.63, 3.8) is 0 Å². The molecule has 0 saturated heterocycles. The number of anilines is 1. The fourth-order valence-electron chi connectivity index (χ4n) is 3.54. The topological polar surface area (TPSA) is 46.2 Å². The Morgan fingerprint density at radius 1 is 0.871 bits per heavy atom. The average molecular weight is 418 g/mol. The van der Waals surface area contributed by atoms with Gasteiger partial charge in [-0.05, 0) is 54.2 Å². The molecular formula is C27H28FNO2. The van der Waals surface area contributed by atoms with E-state index in [4.69, 9.17) is 0 Å². The lowest BCUT2D eigenvalue weighted by Gasteiger charge is -2.16. The van der Waals surface area contributed by atoms with Crippen LogP contribution in [0.2, 0.25) is 0 Å². The molecule has 0 aliphatic rings. The first kappa shape index (κ1) is 22.4. The van der Waals surface area contributed by atoms with E-state index in [1.807, 2.05) is 61.5 Å². The van der Waals surface area contributed by atoms with Crippen molar-refractivity contribution in [2.24, 2.45) is 5.92 Å². The van der Waals surface area contributed by atoms with Gasteiger partial charge in [0.2, 0.25) is 5.91 Å². The van der Waals surface area contributed by atoms with Gasteiger partial charge in [0.15, 0.2) is 5.78 Å². The smallest absolute Gasteiger partial charge is 0.231 e. The Hall–Kier alpha value is -3.27. The Kier molecular flexibility index (Phi) is 7.35. The van der Waals surface area contributed by atoms with Crippen LogP contribution in [0.4, 0.5) is 10.1 Å². The maximum atomic E-state index is 13.9. The lowest BCUT2D eigenvalue weighted by molar-refractivity contribution is -0.117. The summed E-state index contributed by atoms with van der Waals surface area (Å²) in [6.45, 7) is 6.16. The highest BCUT2D eigenvalue weighted by molar-refractivity contribution is 6.06. The second kappa shape index (κ2) is 10.2. The predicted molar refractivity (Wildman–Crippen MR) is 123 cm³/mol. The fourth-order valence-corrected chi connectivity index (χ4v) is 3.54. The highest BCUT2D eigenvalue weighted by Gasteiger charge is 2.19. The minimum Gasteiger partial charge on any atom is -0.325 e. The normalized spacial score (nSPS) is 11.9. The van der Waals surface area contributed by atoms with Crippen LogP contribution < -0.4 is 5.32 Å². The summed E-state index contributed by atoms with van der Waals surface area (Å²) in [5, 5.41) is 2.82. The lowest BCUT2D eigenvalue weighted by atomic mass is 9.96. The second-order valence-electron chi connectivity index (χ2n) is 8.33. The summed E-state index contributed by atoms with van der Waals surface area (Å²) < 4.78 is 13.9. The van der Waals surface area contributed by atoms with Gasteiger partial charge in [-0.2, -0.15) is 0 Å². The number of carbonyl (C=O) groups excluding carboxylic acids is 2. The Balaban J connectivity index is 1.75. The number of Topliss-reactive ketones (excluding diaryl/α,β-unsaturated/α-hetero) is 1. The fraction of sp³-hybridized carbons (Fsp3) is 0.259. The monoisotopic (exact) mass is 417 g/mol. The third kappa shape index (κ3) is 6.11. The SMILES string of the molecule is CC(C)Cc1ccc(C(C)C(=O)Nc2ccc(F)cc2C(=O)Cc2ccccc2)cc1. The molecule has 0 radical (unpaired) electrons. The summed E-state index contributed by atoms with van der Waals surface area (Å²) in [6, 6.07) is 21.2. The number of nitrogens with one attached hydrogen (secondary N) is 1. The van der Waals surface area contributed by atoms with Crippen LogP contribution >= 0.6 is 0 Å². The minimum absolute atomic E-state index is 0.139. The third-order valence-electron chi connectivity index (χ3n) is 5.26. The van der Waals surface area contributed by atoms with Gasteiger partial charge in [0.25, 0.3) is 0 Å². The first-order valence-corrected chi connectivity index (χ1v) is 10.6. The number of ketones is 1. The number of hydrogen-bond acceptors (Lipinski definition) is 2. The van der Waals surface area contributed by atoms with Crippen molar-refractivity contribution in [3.8, 4) is 0 Å². The van der Waals surface area contributed by atoms with Crippen molar-refractivity contribution in [3.05, 3.63) is 101 Å². The number of hydrogen-bond donors (Lipinski definition) is 1. The first-order chi connectivity index (χ1) is 14.8. The van der Waals surface area contributed by atoms with Gasteiger partial charge in [-0.3, -0.25) is 9.59 Å². The van der Waals surface area contributed by atoms with E-state index in [0.29, 0.717) is 11.6 Å². The number of carbonyl (C=O) groups is 2. The molecule has 0 aliphatic heterocycles. The van der Waals surface area contributed by atoms with E-state index in [-0.39, 0.29) is 23.7 Å². The van der Waals surface area contributed by atoms with Gasteiger partial charge in [-0.25, -0.2) is 4.39 Å². The van der Waals surface area contributed by atoms with Crippen molar-refractivity contribution in [2.75, 3.05) is 5.32 Å². The maximum absolute atomic E-state index is 13.9. The quantitative estimate of drug-likeness (QED) is 0.444. The molecule has 160 valence electrons. The molecule has 0 bridgehead atoms. The Morgan fingerprint density at radius 3 is 2.19 bits per heavy atom. The summed E-state index contributed by atoms with van der Waals surface area (Å²) in [4.78, 5) is 25.7. The summed E-state index contributed by atoms with van der Waals surface area (Å²) in [6.07, 6.45) is 1.13. The van der Waals surface area contributed by atoms with E-state index < -0.39 is 11.7 Å². The second-order valence-corrected chi connectivity index (χ2v) is 8.33. The molecule has 3 aromatic carbocycles. The molecule has 0 fully saturated rings. The van der Waals surface area contributed by atoms with Crippen LogP contribution in [0.5, 0.6) is 0 Å². The van der Waals surface area contributed by atoms with Gasteiger partial charge in [0.05, 0.1) is 11.6 Å². The molecule has 1 unspecified atom stereocenters. The Bertz CT molecular complexity index is 1040. The summed E-state index contributed by atoms with van der Waals surface area (Å²) in [5.74, 6) is -0.834. The number of rotatable bonds is 8. The molecule has 0 spiro atoms. The highest BCUT2D eigenvalue weighted by Crippen LogP contribution is 2.23. The van der Waals surface area contributed by atoms with Crippen molar-refractivity contribution < 1.29 is 14.0 Å². The maximum Gasteiger partial charge on any atom is 0.231 e. The average Bonchev–Trinajstić information content (AvgIpc) is 2.75. The molecule has 0 saturated carbocycles. The van der Waals surface area contributed by atoms with E-state index in [2.05, 4.69) is 19.2 Å². The van der Waals surface area contributed by atoms with Crippen LogP contribution in [0.15, 0.2) is 72.8 Å². The Labute approximate surface area is 183 Å². The van der Waals surface area contributed by atoms with Crippen LogP contribution in [0, 0.1) is 11.7 Å². The largest absolute Gasteiger partial charge is 0.325 e. The summed E-state index contributed by atoms with van der Waals surface area (Å²) >= 11 is 0. The number of benzene rings is 3. The number of halogens is 1. The zero-order valence-electron chi connectivity index (χ0n) is 18.2. The van der Waals surface area contributed by atoms with Gasteiger partial charge < -0.3 is 5.32 Å². The van der Waals surface area contributed by atoms with Gasteiger partial charge in [0, 0.05) is 12.0 Å². The lowest BCUT2D eigenvalue weighted by Crippen LogP contribution is -2.21. The van der Waals surface area contributed by atoms with Crippen molar-refractivity contribution in [2.45, 2.75) is 39.5 Å². The molecule has 3 aromatic rings. The summed E-state index contributed by atoms with van der Waals surface area (Å²) in [5.41, 5.74) is 3.47. The van der Waals surface area contributed by atoms with E-state index >= 15 is 0 Å². The molecule has 31 heavy (non-hydrogen) atoms. The molecule has 1 amide bonds. The van der Waals surface area contributed by atoms with E-state index in [1.54, 1.807) is 0 Å². The zero-order valence-corrected chi connectivity index (χ0v) is 18.2. The van der Waals surface area contributed by atoms with Crippen LogP contribution in [-0.4, -0.2) is 11.7 Å². The van der Waals surface area contributed by atoms with E-state index in [9.17, 15) is 14.0 Å². The molecule has 0 heterocycles. The van der Waals surface area contributed by atoms with Crippen molar-refractivity contribution in [1.82, 2.24) is 0 Å². The minimum atomic E-state index is -0.511. The van der Waals surface area contributed by atoms with Gasteiger partial charge in [0.1, 0.15) is 5.82 Å². The standard InChI is InChI=1S/C27H28FNO2/c1-18(2)15-21-9-11-22(12-10-21)19(3)27(31)29-25-14-13-23(28)17-24(25)26(30)16-20-7-5-4-6-8-20/h4-14,17-19H,15-16H2,1-3H3,(H,29,31). The predicted octanol–water partition coefficient (Wildman–Crippen LogP) is 6.19. The molecule has 3 nitrogen and oxygen atoms in total. The highest BCUT2D eigenvalue weighted by atomic mass is 19.1. The van der Waals surface area contributed by atoms with Gasteiger partial charge in [-0.15, -0.1) is 0 Å². The molecule has 1 atom stereocenters. The van der Waals surface area contributed by atoms with E-state index in [0.717, 1.165) is 17.5 Å². The summed E-state index contributed by atoms with van der Waals surface area (Å²) in [7, 11) is 0. The van der Waals surface area contributed by atoms with Crippen LogP contribution in [0.3, 0.4) is 0 Å². The molecule has 4 heteroatoms. The van der Waals surface area contributed by atoms with E-state index in [1.165, 1.54) is 23.8 Å². The van der Waals surface area contributed by atoms with Crippen molar-refractivity contribution in [1.29, 1.82) is 0 Å². The van der Waals surface area contributed by atoms with Crippen LogP contribution in [0.1, 0.15) is 53.7 Å². The zero-order chi connectivity index (χ0) is 22.4. The van der Waals surface area contributed by atoms with Crippen LogP contribution in [-0.2, 0) is 17.6 Å². The molecule has 0 aromatic heterocycles. The van der Waals surface area contributed by atoms with Gasteiger partial charge in [-0.1, -0.05) is 68.4 Å². The molecule has 3 rings (SSSR count). The first-order valence-electron chi connectivity index (χ1n) is 10.6. The van der Waals surface area contributed by atoms with Gasteiger partial charge >= 0.3 is 0 Å². The van der Waals surface area contributed by atoms with Crippen LogP contribution in [0.25, 0.3) is 0 Å². The molecular weight excluding hydrogens is 389 g/mol.